The minimum atomic E-state index is -2.41. The highest BCUT2D eigenvalue weighted by molar-refractivity contribution is 7.36. The Hall–Kier alpha value is 0.400. The van der Waals surface area contributed by atoms with Gasteiger partial charge in [0.2, 0.25) is 0 Å². The zero-order chi connectivity index (χ0) is 16.0. The van der Waals surface area contributed by atoms with Crippen molar-refractivity contribution in [3.05, 3.63) is 0 Å². The number of hydrogen-bond donors (Lipinski definition) is 4. The number of hydrogen-bond acceptors (Lipinski definition) is 7. The quantitative estimate of drug-likeness (QED) is 0.327. The van der Waals surface area contributed by atoms with E-state index in [1.165, 1.54) is 4.67 Å². The van der Waals surface area contributed by atoms with Gasteiger partial charge in [0.1, 0.15) is 24.4 Å². The molecule has 125 valence electrons. The van der Waals surface area contributed by atoms with Crippen LogP contribution >= 0.6 is 31.4 Å². The maximum absolute atomic E-state index is 12.1. The average molecular weight is 367 g/mol. The van der Waals surface area contributed by atoms with E-state index < -0.39 is 45.5 Å². The molecule has 4 N–H and O–H groups in total. The van der Waals surface area contributed by atoms with E-state index in [4.69, 9.17) is 37.6 Å². The first-order valence-corrected chi connectivity index (χ1v) is 8.47. The molecule has 1 heterocycles. The molecule has 1 radical (unpaired) electrons. The Labute approximate surface area is 133 Å². The van der Waals surface area contributed by atoms with Gasteiger partial charge >= 0.3 is 0 Å². The van der Waals surface area contributed by atoms with Gasteiger partial charge in [0.15, 0.2) is 6.29 Å². The minimum absolute atomic E-state index is 0.204. The standard InChI is InChI=1S/C10H19Cl2NO7P/c11-1-3-13(4-2-12)21(18)20-10-9(17)8(16)7(15)6(5-14)19-10/h6-10,14-17H,1-5H2/t6-,7+,8+,9-,10-/m1/s1. The minimum Gasteiger partial charge on any atom is -0.394 e. The van der Waals surface area contributed by atoms with E-state index in [1.54, 1.807) is 0 Å². The molecule has 1 saturated heterocycles. The highest BCUT2D eigenvalue weighted by Gasteiger charge is 2.45. The number of rotatable bonds is 8. The van der Waals surface area contributed by atoms with E-state index in [0.29, 0.717) is 0 Å². The summed E-state index contributed by atoms with van der Waals surface area (Å²) >= 11 is 11.2. The molecule has 0 saturated carbocycles. The molecule has 11 heteroatoms. The van der Waals surface area contributed by atoms with Gasteiger partial charge in [0.05, 0.1) is 6.61 Å². The molecular weight excluding hydrogens is 348 g/mol. The summed E-state index contributed by atoms with van der Waals surface area (Å²) in [5.41, 5.74) is 0. The third-order valence-electron chi connectivity index (χ3n) is 2.96. The van der Waals surface area contributed by atoms with Gasteiger partial charge in [-0.3, -0.25) is 4.52 Å². The summed E-state index contributed by atoms with van der Waals surface area (Å²) in [5.74, 6) is 0.409. The van der Waals surface area contributed by atoms with Gasteiger partial charge in [-0.05, 0) is 0 Å². The van der Waals surface area contributed by atoms with Crippen molar-refractivity contribution in [3.8, 4) is 0 Å². The fourth-order valence-corrected chi connectivity index (χ4v) is 3.44. The smallest absolute Gasteiger partial charge is 0.300 e. The largest absolute Gasteiger partial charge is 0.394 e. The average Bonchev–Trinajstić information content (AvgIpc) is 2.47. The first-order valence-electron chi connectivity index (χ1n) is 6.27. The first kappa shape index (κ1) is 19.4. The van der Waals surface area contributed by atoms with E-state index in [1.807, 2.05) is 0 Å². The van der Waals surface area contributed by atoms with Crippen LogP contribution in [0.2, 0.25) is 0 Å². The fraction of sp³-hybridized carbons (Fsp3) is 1.00. The molecule has 0 bridgehead atoms. The van der Waals surface area contributed by atoms with Crippen molar-refractivity contribution >= 4 is 31.4 Å². The van der Waals surface area contributed by atoms with Gasteiger partial charge in [-0.25, -0.2) is 9.24 Å². The van der Waals surface area contributed by atoms with Crippen molar-refractivity contribution in [1.29, 1.82) is 0 Å². The van der Waals surface area contributed by atoms with Crippen molar-refractivity contribution in [3.63, 3.8) is 0 Å². The van der Waals surface area contributed by atoms with Crippen molar-refractivity contribution < 1.29 is 34.3 Å². The molecule has 0 aromatic rings. The lowest BCUT2D eigenvalue weighted by Crippen LogP contribution is -2.58. The van der Waals surface area contributed by atoms with E-state index in [2.05, 4.69) is 0 Å². The molecule has 1 rings (SSSR count). The van der Waals surface area contributed by atoms with Gasteiger partial charge in [-0.1, -0.05) is 0 Å². The molecule has 0 amide bonds. The number of alkyl halides is 2. The molecule has 6 atom stereocenters. The van der Waals surface area contributed by atoms with Crippen molar-refractivity contribution in [2.75, 3.05) is 31.5 Å². The highest BCUT2D eigenvalue weighted by atomic mass is 35.5. The second kappa shape index (κ2) is 9.52. The lowest BCUT2D eigenvalue weighted by atomic mass is 10.00. The number of aliphatic hydroxyl groups is 4. The number of aliphatic hydroxyl groups excluding tert-OH is 4. The SMILES string of the molecule is O=[P](O[C@H]1O[C@H](CO)[C@H](O)[C@H](O)[C@H]1O)N(CCCl)CCCl. The van der Waals surface area contributed by atoms with Crippen LogP contribution in [-0.2, 0) is 13.8 Å². The first-order chi connectivity index (χ1) is 9.96. The zero-order valence-corrected chi connectivity index (χ0v) is 13.5. The fourth-order valence-electron chi connectivity index (χ4n) is 1.78. The van der Waals surface area contributed by atoms with Crippen LogP contribution < -0.4 is 0 Å². The lowest BCUT2D eigenvalue weighted by Gasteiger charge is -2.39. The summed E-state index contributed by atoms with van der Waals surface area (Å²) < 4.78 is 23.6. The van der Waals surface area contributed by atoms with Crippen LogP contribution in [0.1, 0.15) is 0 Å². The molecule has 8 nitrogen and oxygen atoms in total. The Morgan fingerprint density at radius 2 is 1.67 bits per heavy atom. The van der Waals surface area contributed by atoms with E-state index in [-0.39, 0.29) is 24.8 Å². The van der Waals surface area contributed by atoms with Crippen LogP contribution in [0.15, 0.2) is 0 Å². The predicted molar refractivity (Wildman–Crippen MR) is 75.5 cm³/mol. The predicted octanol–water partition coefficient (Wildman–Crippen LogP) is -0.760. The highest BCUT2D eigenvalue weighted by Crippen LogP contribution is 2.34. The van der Waals surface area contributed by atoms with Crippen LogP contribution in [0, 0.1) is 0 Å². The Balaban J connectivity index is 2.68. The summed E-state index contributed by atoms with van der Waals surface area (Å²) in [5, 5.41) is 38.0. The third-order valence-corrected chi connectivity index (χ3v) is 4.55. The summed E-state index contributed by atoms with van der Waals surface area (Å²) in [4.78, 5) is 0. The summed E-state index contributed by atoms with van der Waals surface area (Å²) in [6.45, 7) is -0.0868. The molecule has 1 fully saturated rings. The maximum Gasteiger partial charge on any atom is 0.300 e. The van der Waals surface area contributed by atoms with Crippen molar-refractivity contribution in [1.82, 2.24) is 4.67 Å². The molecule has 0 spiro atoms. The van der Waals surface area contributed by atoms with Gasteiger partial charge in [-0.15, -0.1) is 23.2 Å². The molecule has 0 aromatic carbocycles. The Kier molecular flexibility index (Phi) is 8.82. The van der Waals surface area contributed by atoms with E-state index in [0.717, 1.165) is 0 Å². The molecule has 0 aliphatic carbocycles. The molecule has 1 aliphatic heterocycles. The summed E-state index contributed by atoms with van der Waals surface area (Å²) in [6, 6.07) is 0. The van der Waals surface area contributed by atoms with Crippen LogP contribution in [0.25, 0.3) is 0 Å². The van der Waals surface area contributed by atoms with E-state index >= 15 is 0 Å². The third kappa shape index (κ3) is 5.21. The lowest BCUT2D eigenvalue weighted by molar-refractivity contribution is -0.277. The molecule has 1 aliphatic rings. The van der Waals surface area contributed by atoms with Gasteiger partial charge in [0.25, 0.3) is 8.18 Å². The molecule has 0 aromatic heterocycles. The van der Waals surface area contributed by atoms with Crippen LogP contribution in [0.5, 0.6) is 0 Å². The second-order valence-electron chi connectivity index (χ2n) is 4.37. The van der Waals surface area contributed by atoms with E-state index in [9.17, 15) is 19.9 Å². The number of nitrogens with zero attached hydrogens (tertiary/aromatic N) is 1. The molecule has 1 unspecified atom stereocenters. The van der Waals surface area contributed by atoms with Crippen molar-refractivity contribution in [2.24, 2.45) is 0 Å². The Morgan fingerprint density at radius 3 is 2.14 bits per heavy atom. The Bertz CT molecular complexity index is 333. The monoisotopic (exact) mass is 366 g/mol. The van der Waals surface area contributed by atoms with Crippen LogP contribution in [0.4, 0.5) is 0 Å². The number of ether oxygens (including phenoxy) is 1. The van der Waals surface area contributed by atoms with Gasteiger partial charge in [0, 0.05) is 24.8 Å². The zero-order valence-electron chi connectivity index (χ0n) is 11.1. The number of halogens is 2. The van der Waals surface area contributed by atoms with Crippen LogP contribution in [-0.4, -0.2) is 87.3 Å². The normalized spacial score (nSPS) is 34.2. The Morgan fingerprint density at radius 1 is 1.10 bits per heavy atom. The summed E-state index contributed by atoms with van der Waals surface area (Å²) in [6.07, 6.45) is -7.25. The van der Waals surface area contributed by atoms with Gasteiger partial charge in [-0.2, -0.15) is 0 Å². The maximum atomic E-state index is 12.1. The topological polar surface area (TPSA) is 120 Å². The molecule has 21 heavy (non-hydrogen) atoms. The van der Waals surface area contributed by atoms with Crippen LogP contribution in [0.3, 0.4) is 0 Å². The second-order valence-corrected chi connectivity index (χ2v) is 6.38. The molecular formula is C10H19Cl2NO7P. The van der Waals surface area contributed by atoms with Crippen molar-refractivity contribution in [2.45, 2.75) is 30.7 Å². The van der Waals surface area contributed by atoms with Gasteiger partial charge < -0.3 is 25.2 Å². The summed E-state index contributed by atoms with van der Waals surface area (Å²) in [7, 11) is -2.41.